The Morgan fingerprint density at radius 3 is 2.68 bits per heavy atom. The van der Waals surface area contributed by atoms with Crippen LogP contribution in [-0.4, -0.2) is 52.2 Å². The molecule has 1 aliphatic heterocycles. The minimum atomic E-state index is -4.20. The molecule has 2 fully saturated rings. The number of aryl methyl sites for hydroxylation is 1. The summed E-state index contributed by atoms with van der Waals surface area (Å²) >= 11 is 0. The van der Waals surface area contributed by atoms with E-state index in [9.17, 15) is 22.8 Å². The van der Waals surface area contributed by atoms with Gasteiger partial charge in [0.1, 0.15) is 12.4 Å². The van der Waals surface area contributed by atoms with E-state index in [1.165, 1.54) is 6.20 Å². The fourth-order valence-electron chi connectivity index (χ4n) is 4.67. The average Bonchev–Trinajstić information content (AvgIpc) is 3.45. The van der Waals surface area contributed by atoms with Crippen LogP contribution in [0.2, 0.25) is 0 Å². The highest BCUT2D eigenvalue weighted by atomic mass is 19.4. The maximum absolute atomic E-state index is 13.1. The number of nitrogens with zero attached hydrogens (tertiary/aromatic N) is 3. The molecule has 8 nitrogen and oxygen atoms in total. The van der Waals surface area contributed by atoms with Crippen molar-refractivity contribution in [2.24, 2.45) is 11.8 Å². The molecule has 0 radical (unpaired) electrons. The predicted octanol–water partition coefficient (Wildman–Crippen LogP) is 4.37. The van der Waals surface area contributed by atoms with Crippen LogP contribution < -0.4 is 10.1 Å². The second-order valence-electron chi connectivity index (χ2n) is 8.86. The lowest BCUT2D eigenvalue weighted by molar-refractivity contribution is -0.185. The molecule has 2 aromatic rings. The van der Waals surface area contributed by atoms with E-state index in [0.29, 0.717) is 12.3 Å². The number of anilines is 1. The van der Waals surface area contributed by atoms with Crippen molar-refractivity contribution >= 4 is 17.6 Å². The van der Waals surface area contributed by atoms with Crippen LogP contribution in [0.3, 0.4) is 0 Å². The SMILES string of the molecule is Cc1cc(NC(=O)c2ncccc2OCC2CCCN2C(=O)C2CCC(C(F)(F)F)CC2)no1. The number of ether oxygens (including phenoxy) is 1. The van der Waals surface area contributed by atoms with Gasteiger partial charge in [0, 0.05) is 24.7 Å². The van der Waals surface area contributed by atoms with E-state index >= 15 is 0 Å². The van der Waals surface area contributed by atoms with Gasteiger partial charge < -0.3 is 19.5 Å². The standard InChI is InChI=1S/C23H27F3N4O4/c1-14-12-19(29-34-14)28-21(31)20-18(5-2-10-27-20)33-13-17-4-3-11-30(17)22(32)15-6-8-16(9-7-15)23(24,25)26/h2,5,10,12,15-17H,3-4,6-9,11,13H2,1H3,(H,28,29,31). The van der Waals surface area contributed by atoms with Crippen molar-refractivity contribution in [2.75, 3.05) is 18.5 Å². The maximum Gasteiger partial charge on any atom is 0.391 e. The Morgan fingerprint density at radius 1 is 1.24 bits per heavy atom. The summed E-state index contributed by atoms with van der Waals surface area (Å²) in [5, 5.41) is 6.33. The van der Waals surface area contributed by atoms with Gasteiger partial charge in [-0.05, 0) is 57.6 Å². The van der Waals surface area contributed by atoms with E-state index in [-0.39, 0.29) is 67.4 Å². The van der Waals surface area contributed by atoms with Gasteiger partial charge in [-0.25, -0.2) is 4.98 Å². The van der Waals surface area contributed by atoms with Crippen molar-refractivity contribution < 1.29 is 32.0 Å². The lowest BCUT2D eigenvalue weighted by Crippen LogP contribution is -2.44. The molecular weight excluding hydrogens is 453 g/mol. The van der Waals surface area contributed by atoms with Crippen molar-refractivity contribution in [1.29, 1.82) is 0 Å². The van der Waals surface area contributed by atoms with Gasteiger partial charge in [0.15, 0.2) is 17.3 Å². The first-order chi connectivity index (χ1) is 16.2. The number of carbonyl (C=O) groups is 2. The number of aromatic nitrogens is 2. The smallest absolute Gasteiger partial charge is 0.391 e. The van der Waals surface area contributed by atoms with E-state index < -0.39 is 18.0 Å². The lowest BCUT2D eigenvalue weighted by Gasteiger charge is -2.33. The largest absolute Gasteiger partial charge is 0.489 e. The molecule has 0 spiro atoms. The summed E-state index contributed by atoms with van der Waals surface area (Å²) in [5.41, 5.74) is 0.0736. The molecule has 184 valence electrons. The summed E-state index contributed by atoms with van der Waals surface area (Å²) in [5.74, 6) is -1.24. The number of pyridine rings is 1. The number of halogens is 3. The van der Waals surface area contributed by atoms with Gasteiger partial charge in [-0.15, -0.1) is 0 Å². The Kier molecular flexibility index (Phi) is 7.08. The topological polar surface area (TPSA) is 97.6 Å². The van der Waals surface area contributed by atoms with Crippen LogP contribution in [0.25, 0.3) is 0 Å². The molecule has 1 N–H and O–H groups in total. The van der Waals surface area contributed by atoms with Crippen LogP contribution in [-0.2, 0) is 4.79 Å². The fraction of sp³-hybridized carbons (Fsp3) is 0.565. The Hall–Kier alpha value is -3.11. The Labute approximate surface area is 194 Å². The summed E-state index contributed by atoms with van der Waals surface area (Å²) in [4.78, 5) is 31.5. The van der Waals surface area contributed by atoms with Crippen molar-refractivity contribution in [1.82, 2.24) is 15.0 Å². The summed E-state index contributed by atoms with van der Waals surface area (Å²) < 4.78 is 49.7. The molecule has 2 aliphatic rings. The van der Waals surface area contributed by atoms with Crippen LogP contribution in [0, 0.1) is 18.8 Å². The third-order valence-electron chi connectivity index (χ3n) is 6.49. The van der Waals surface area contributed by atoms with E-state index in [1.54, 1.807) is 30.0 Å². The normalized spacial score (nSPS) is 23.1. The molecule has 1 saturated heterocycles. The molecule has 1 atom stereocenters. The molecule has 4 rings (SSSR count). The van der Waals surface area contributed by atoms with E-state index in [2.05, 4.69) is 15.5 Å². The van der Waals surface area contributed by atoms with Crippen molar-refractivity contribution in [3.8, 4) is 5.75 Å². The zero-order chi connectivity index (χ0) is 24.3. The lowest BCUT2D eigenvalue weighted by atomic mass is 9.81. The number of amides is 2. The first-order valence-electron chi connectivity index (χ1n) is 11.4. The number of alkyl halides is 3. The van der Waals surface area contributed by atoms with Gasteiger partial charge in [-0.1, -0.05) is 5.16 Å². The van der Waals surface area contributed by atoms with E-state index in [0.717, 1.165) is 12.8 Å². The third-order valence-corrected chi connectivity index (χ3v) is 6.49. The second-order valence-corrected chi connectivity index (χ2v) is 8.86. The quantitative estimate of drug-likeness (QED) is 0.660. The highest BCUT2D eigenvalue weighted by Gasteiger charge is 2.44. The highest BCUT2D eigenvalue weighted by Crippen LogP contribution is 2.40. The number of likely N-dealkylation sites (tertiary alicyclic amines) is 1. The average molecular weight is 480 g/mol. The van der Waals surface area contributed by atoms with Gasteiger partial charge in [-0.2, -0.15) is 13.2 Å². The van der Waals surface area contributed by atoms with E-state index in [4.69, 9.17) is 9.26 Å². The van der Waals surface area contributed by atoms with Crippen LogP contribution in [0.4, 0.5) is 19.0 Å². The molecule has 34 heavy (non-hydrogen) atoms. The zero-order valence-corrected chi connectivity index (χ0v) is 18.8. The molecule has 11 heteroatoms. The second kappa shape index (κ2) is 10.0. The van der Waals surface area contributed by atoms with Crippen molar-refractivity contribution in [2.45, 2.75) is 57.7 Å². The number of hydrogen-bond donors (Lipinski definition) is 1. The summed E-state index contributed by atoms with van der Waals surface area (Å²) in [6.45, 7) is 2.42. The summed E-state index contributed by atoms with van der Waals surface area (Å²) in [6, 6.07) is 4.63. The Balaban J connectivity index is 1.35. The van der Waals surface area contributed by atoms with Gasteiger partial charge in [0.25, 0.3) is 5.91 Å². The van der Waals surface area contributed by atoms with Gasteiger partial charge in [-0.3, -0.25) is 9.59 Å². The van der Waals surface area contributed by atoms with Crippen LogP contribution >= 0.6 is 0 Å². The van der Waals surface area contributed by atoms with Crippen molar-refractivity contribution in [3.63, 3.8) is 0 Å². The Morgan fingerprint density at radius 2 is 2.00 bits per heavy atom. The molecule has 1 saturated carbocycles. The first-order valence-corrected chi connectivity index (χ1v) is 11.4. The number of rotatable bonds is 6. The summed E-state index contributed by atoms with van der Waals surface area (Å²) in [6.07, 6.45) is -0.713. The highest BCUT2D eigenvalue weighted by molar-refractivity contribution is 6.04. The molecule has 2 amide bonds. The molecule has 2 aromatic heterocycles. The number of carbonyl (C=O) groups excluding carboxylic acids is 2. The fourth-order valence-corrected chi connectivity index (χ4v) is 4.67. The number of nitrogens with one attached hydrogen (secondary N) is 1. The molecular formula is C23H27F3N4O4. The zero-order valence-electron chi connectivity index (χ0n) is 18.8. The number of hydrogen-bond acceptors (Lipinski definition) is 6. The van der Waals surface area contributed by atoms with Crippen molar-refractivity contribution in [3.05, 3.63) is 35.9 Å². The monoisotopic (exact) mass is 480 g/mol. The Bertz CT molecular complexity index is 1020. The molecule has 0 bridgehead atoms. The maximum atomic E-state index is 13.1. The first kappa shape index (κ1) is 24.0. The van der Waals surface area contributed by atoms with Crippen LogP contribution in [0.5, 0.6) is 5.75 Å². The van der Waals surface area contributed by atoms with Crippen LogP contribution in [0.15, 0.2) is 28.9 Å². The molecule has 1 unspecified atom stereocenters. The van der Waals surface area contributed by atoms with Gasteiger partial charge >= 0.3 is 6.18 Å². The third kappa shape index (κ3) is 5.51. The van der Waals surface area contributed by atoms with Gasteiger partial charge in [0.2, 0.25) is 5.91 Å². The summed E-state index contributed by atoms with van der Waals surface area (Å²) in [7, 11) is 0. The van der Waals surface area contributed by atoms with Crippen LogP contribution in [0.1, 0.15) is 54.8 Å². The minimum Gasteiger partial charge on any atom is -0.489 e. The molecule has 1 aliphatic carbocycles. The predicted molar refractivity (Wildman–Crippen MR) is 115 cm³/mol. The minimum absolute atomic E-state index is 0.00584. The molecule has 3 heterocycles. The molecule has 0 aromatic carbocycles. The van der Waals surface area contributed by atoms with E-state index in [1.807, 2.05) is 0 Å². The van der Waals surface area contributed by atoms with Gasteiger partial charge in [0.05, 0.1) is 12.0 Å².